The molecule has 0 saturated carbocycles. The van der Waals surface area contributed by atoms with Gasteiger partial charge in [0.15, 0.2) is 0 Å². The Kier molecular flexibility index (Phi) is 12.7. The number of urea groups is 2. The average Bonchev–Trinajstić information content (AvgIpc) is 3.85. The quantitative estimate of drug-likeness (QED) is 0.0742. The van der Waals surface area contributed by atoms with Crippen molar-refractivity contribution in [3.63, 3.8) is 0 Å². The highest BCUT2D eigenvalue weighted by Crippen LogP contribution is 2.66. The number of ether oxygens (including phenoxy) is 2. The summed E-state index contributed by atoms with van der Waals surface area (Å²) < 4.78 is 12.2. The molecule has 3 saturated heterocycles. The first kappa shape index (κ1) is 46.3. The van der Waals surface area contributed by atoms with Gasteiger partial charge >= 0.3 is 18.0 Å². The van der Waals surface area contributed by atoms with Gasteiger partial charge in [-0.25, -0.2) is 14.5 Å². The van der Waals surface area contributed by atoms with Crippen molar-refractivity contribution in [2.45, 2.75) is 42.6 Å². The van der Waals surface area contributed by atoms with E-state index in [0.717, 1.165) is 21.7 Å². The van der Waals surface area contributed by atoms with Crippen molar-refractivity contribution in [1.29, 1.82) is 0 Å². The van der Waals surface area contributed by atoms with Gasteiger partial charge in [0, 0.05) is 30.0 Å². The number of carbonyl (C=O) groups excluding carboxylic acids is 5. The number of nitrogens with zero attached hydrogens (tertiary/aromatic N) is 3. The molecule has 0 aliphatic carbocycles. The SMILES string of the molecule is C[C@@H](NC(=O)N1C(=O)[C@@]2(c3cc(C#CCNC(N)=O)ccc31)[C@H](C(=O)Nc1ccc(N3CCOCC3)cc1)[C@H]1C(=O)O[C@H](c3ccccc3)[C@H](c3ccccc3)N1[C@@H]2c1ccc(O)cc1)c1ccccc1. The smallest absolute Gasteiger partial charge is 0.329 e. The highest BCUT2D eigenvalue weighted by molar-refractivity contribution is 6.25. The number of hydrogen-bond acceptors (Lipinski definition) is 10. The number of nitrogens with one attached hydrogen (secondary N) is 3. The van der Waals surface area contributed by atoms with Crippen LogP contribution in [-0.2, 0) is 29.3 Å². The van der Waals surface area contributed by atoms with E-state index in [4.69, 9.17) is 15.2 Å². The normalized spacial score (nSPS) is 22.9. The molecule has 3 fully saturated rings. The lowest BCUT2D eigenvalue weighted by Gasteiger charge is -2.46. The van der Waals surface area contributed by atoms with E-state index in [2.05, 4.69) is 32.7 Å². The molecule has 4 heterocycles. The minimum atomic E-state index is -2.08. The van der Waals surface area contributed by atoms with Gasteiger partial charge in [0.25, 0.3) is 0 Å². The highest BCUT2D eigenvalue weighted by atomic mass is 16.6. The fourth-order valence-electron chi connectivity index (χ4n) is 10.8. The van der Waals surface area contributed by atoms with Gasteiger partial charge < -0.3 is 41.2 Å². The predicted molar refractivity (Wildman–Crippen MR) is 266 cm³/mol. The third-order valence-electron chi connectivity index (χ3n) is 13.9. The molecule has 6 N–H and O–H groups in total. The molecule has 10 rings (SSSR count). The number of primary amides is 1. The zero-order valence-corrected chi connectivity index (χ0v) is 38.7. The van der Waals surface area contributed by atoms with Gasteiger partial charge in [-0.05, 0) is 89.3 Å². The van der Waals surface area contributed by atoms with Crippen molar-refractivity contribution in [3.8, 4) is 17.6 Å². The molecule has 7 atom stereocenters. The van der Waals surface area contributed by atoms with E-state index < -0.39 is 71.5 Å². The van der Waals surface area contributed by atoms with Crippen LogP contribution in [0.3, 0.4) is 0 Å². The number of morpholine rings is 2. The Morgan fingerprint density at radius 1 is 0.789 bits per heavy atom. The fourth-order valence-corrected chi connectivity index (χ4v) is 10.8. The average molecular weight is 950 g/mol. The van der Waals surface area contributed by atoms with Crippen molar-refractivity contribution in [2.24, 2.45) is 11.7 Å². The first-order valence-electron chi connectivity index (χ1n) is 23.5. The third-order valence-corrected chi connectivity index (χ3v) is 13.9. The van der Waals surface area contributed by atoms with Crippen LogP contribution in [0.1, 0.15) is 64.5 Å². The molecule has 0 aromatic heterocycles. The summed E-state index contributed by atoms with van der Waals surface area (Å²) in [4.78, 5) is 79.9. The molecule has 15 heteroatoms. The van der Waals surface area contributed by atoms with E-state index in [-0.39, 0.29) is 23.5 Å². The number of rotatable bonds is 9. The topological polar surface area (TPSA) is 196 Å². The number of carbonyl (C=O) groups is 5. The Labute approximate surface area is 410 Å². The second-order valence-corrected chi connectivity index (χ2v) is 18.0. The molecule has 4 aliphatic rings. The zero-order chi connectivity index (χ0) is 49.2. The fraction of sp³-hybridized carbons (Fsp3) is 0.232. The molecule has 6 aromatic rings. The number of fused-ring (bicyclic) bond motifs is 3. The number of anilines is 3. The molecule has 0 bridgehead atoms. The van der Waals surface area contributed by atoms with Crippen LogP contribution in [0.4, 0.5) is 26.7 Å². The highest BCUT2D eigenvalue weighted by Gasteiger charge is 2.75. The number of benzene rings is 6. The van der Waals surface area contributed by atoms with Gasteiger partial charge in [-0.1, -0.05) is 115 Å². The Balaban J connectivity index is 1.22. The Bertz CT molecular complexity index is 3030. The Morgan fingerprint density at radius 3 is 2.10 bits per heavy atom. The second-order valence-electron chi connectivity index (χ2n) is 18.0. The number of amides is 6. The Hall–Kier alpha value is -8.45. The summed E-state index contributed by atoms with van der Waals surface area (Å²) in [5.41, 5.74) is 8.09. The number of imide groups is 1. The van der Waals surface area contributed by atoms with Crippen LogP contribution in [0.25, 0.3) is 0 Å². The second kappa shape index (κ2) is 19.5. The molecule has 0 radical (unpaired) electrons. The summed E-state index contributed by atoms with van der Waals surface area (Å²) in [5, 5.41) is 19.4. The van der Waals surface area contributed by atoms with Gasteiger partial charge in [-0.3, -0.25) is 19.3 Å². The lowest BCUT2D eigenvalue weighted by molar-refractivity contribution is -0.177. The van der Waals surface area contributed by atoms with Crippen molar-refractivity contribution >= 4 is 46.9 Å². The van der Waals surface area contributed by atoms with Crippen molar-refractivity contribution < 1.29 is 38.6 Å². The van der Waals surface area contributed by atoms with Crippen LogP contribution in [0.5, 0.6) is 5.75 Å². The summed E-state index contributed by atoms with van der Waals surface area (Å²) in [7, 11) is 0. The van der Waals surface area contributed by atoms with E-state index in [1.807, 2.05) is 115 Å². The molecular weight excluding hydrogens is 899 g/mol. The minimum absolute atomic E-state index is 0.0526. The third kappa shape index (κ3) is 8.57. The summed E-state index contributed by atoms with van der Waals surface area (Å²) in [6.07, 6.45) is -0.939. The molecule has 6 aromatic carbocycles. The number of esters is 1. The van der Waals surface area contributed by atoms with Gasteiger partial charge in [-0.2, -0.15) is 0 Å². The van der Waals surface area contributed by atoms with Crippen LogP contribution in [0.15, 0.2) is 158 Å². The van der Waals surface area contributed by atoms with Gasteiger partial charge in [0.2, 0.25) is 11.8 Å². The molecule has 0 unspecified atom stereocenters. The van der Waals surface area contributed by atoms with E-state index in [1.54, 1.807) is 42.5 Å². The largest absolute Gasteiger partial charge is 0.508 e. The molecule has 4 aliphatic heterocycles. The maximum Gasteiger partial charge on any atom is 0.329 e. The number of phenolic OH excluding ortho intramolecular Hbond substituents is 1. The molecule has 15 nitrogen and oxygen atoms in total. The molecular formula is C56H51N7O8. The Morgan fingerprint density at radius 2 is 1.44 bits per heavy atom. The van der Waals surface area contributed by atoms with E-state index in [9.17, 15) is 9.90 Å². The standard InChI is InChI=1S/C56H51N7O8/c1-35(37-13-5-2-6-14-37)59-55(69)62-45-28-19-36(12-11-29-58-54(57)68)34-44(45)56(53(62)67)46(51(65)60-41-22-24-42(25-23-41)61-30-32-70-33-31-61)48-52(66)71-49(39-17-9-4-10-18-39)47(38-15-7-3-8-16-38)63(48)50(56)40-20-26-43(64)27-21-40/h2-10,13-28,34-35,46-50,64H,29-33H2,1H3,(H,59,69)(H,60,65)(H3,57,58,68)/t35-,46+,47+,48+,49-,50-,56+/m1/s1. The molecule has 1 spiro atoms. The van der Waals surface area contributed by atoms with E-state index in [1.165, 1.54) is 12.1 Å². The van der Waals surface area contributed by atoms with Gasteiger partial charge in [0.1, 0.15) is 23.3 Å². The summed E-state index contributed by atoms with van der Waals surface area (Å²) >= 11 is 0. The predicted octanol–water partition coefficient (Wildman–Crippen LogP) is 7.02. The maximum atomic E-state index is 16.6. The lowest BCUT2D eigenvalue weighted by Crippen LogP contribution is -2.55. The molecule has 71 heavy (non-hydrogen) atoms. The van der Waals surface area contributed by atoms with Gasteiger partial charge in [0.05, 0.1) is 49.5 Å². The molecule has 358 valence electrons. The van der Waals surface area contributed by atoms with Crippen LogP contribution in [-0.4, -0.2) is 78.7 Å². The van der Waals surface area contributed by atoms with Crippen molar-refractivity contribution in [1.82, 2.24) is 15.5 Å². The van der Waals surface area contributed by atoms with Crippen LogP contribution in [0, 0.1) is 17.8 Å². The van der Waals surface area contributed by atoms with Crippen molar-refractivity contribution in [2.75, 3.05) is 48.0 Å². The zero-order valence-electron chi connectivity index (χ0n) is 38.7. The monoisotopic (exact) mass is 949 g/mol. The lowest BCUT2D eigenvalue weighted by atomic mass is 9.65. The van der Waals surface area contributed by atoms with Crippen LogP contribution >= 0.6 is 0 Å². The van der Waals surface area contributed by atoms with E-state index >= 15 is 19.2 Å². The van der Waals surface area contributed by atoms with Crippen LogP contribution < -0.4 is 31.5 Å². The van der Waals surface area contributed by atoms with E-state index in [0.29, 0.717) is 48.7 Å². The minimum Gasteiger partial charge on any atom is -0.508 e. The first-order chi connectivity index (χ1) is 34.5. The van der Waals surface area contributed by atoms with Crippen LogP contribution in [0.2, 0.25) is 0 Å². The first-order valence-corrected chi connectivity index (χ1v) is 23.5. The summed E-state index contributed by atoms with van der Waals surface area (Å²) in [6.45, 7) is 4.29. The number of hydrogen-bond donors (Lipinski definition) is 5. The van der Waals surface area contributed by atoms with Gasteiger partial charge in [-0.15, -0.1) is 0 Å². The number of aromatic hydroxyl groups is 1. The maximum absolute atomic E-state index is 16.6. The summed E-state index contributed by atoms with van der Waals surface area (Å²) in [6, 6.07) is 41.2. The number of phenols is 1. The number of cyclic esters (lactones) is 1. The number of nitrogens with two attached hydrogens (primary N) is 1. The van der Waals surface area contributed by atoms with Crippen molar-refractivity contribution in [3.05, 3.63) is 191 Å². The summed E-state index contributed by atoms with van der Waals surface area (Å²) in [5.74, 6) is 2.14. The molecule has 6 amide bonds.